The maximum Gasteiger partial charge on any atom is 0.233 e. The van der Waals surface area contributed by atoms with Crippen LogP contribution in [0.5, 0.6) is 0 Å². The molecular formula is C11H24N2O2. The average Bonchev–Trinajstić information content (AvgIpc) is 2.11. The van der Waals surface area contributed by atoms with Gasteiger partial charge < -0.3 is 15.4 Å². The zero-order valence-electron chi connectivity index (χ0n) is 10.5. The first-order valence-corrected chi connectivity index (χ1v) is 5.38. The molecule has 0 saturated heterocycles. The van der Waals surface area contributed by atoms with Crippen LogP contribution in [0.4, 0.5) is 0 Å². The molecule has 0 aromatic carbocycles. The van der Waals surface area contributed by atoms with Gasteiger partial charge in [-0.3, -0.25) is 4.79 Å². The summed E-state index contributed by atoms with van der Waals surface area (Å²) < 4.78 is 5.04. The Morgan fingerprint density at radius 2 is 2.00 bits per heavy atom. The van der Waals surface area contributed by atoms with Crippen molar-refractivity contribution < 1.29 is 9.53 Å². The Morgan fingerprint density at radius 1 is 1.40 bits per heavy atom. The maximum atomic E-state index is 11.4. The molecule has 1 amide bonds. The first-order valence-electron chi connectivity index (χ1n) is 5.38. The molecule has 4 nitrogen and oxygen atoms in total. The van der Waals surface area contributed by atoms with Gasteiger partial charge in [0, 0.05) is 19.2 Å². The third-order valence-electron chi connectivity index (χ3n) is 1.94. The highest BCUT2D eigenvalue weighted by Crippen LogP contribution is 2.00. The van der Waals surface area contributed by atoms with Crippen molar-refractivity contribution in [1.29, 1.82) is 0 Å². The summed E-state index contributed by atoms with van der Waals surface area (Å²) in [5.41, 5.74) is -0.163. The van der Waals surface area contributed by atoms with Gasteiger partial charge in [-0.15, -0.1) is 0 Å². The van der Waals surface area contributed by atoms with E-state index in [1.54, 1.807) is 7.11 Å². The lowest BCUT2D eigenvalue weighted by molar-refractivity contribution is -0.120. The third-order valence-corrected chi connectivity index (χ3v) is 1.94. The monoisotopic (exact) mass is 216 g/mol. The summed E-state index contributed by atoms with van der Waals surface area (Å²) in [6.45, 7) is 9.81. The fraction of sp³-hybridized carbons (Fsp3) is 0.909. The molecule has 90 valence electrons. The number of ether oxygens (including phenoxy) is 1. The van der Waals surface area contributed by atoms with E-state index < -0.39 is 0 Å². The predicted molar refractivity (Wildman–Crippen MR) is 61.8 cm³/mol. The lowest BCUT2D eigenvalue weighted by atomic mass is 10.1. The highest BCUT2D eigenvalue weighted by Gasteiger charge is 2.17. The number of nitrogens with one attached hydrogen (secondary N) is 2. The third kappa shape index (κ3) is 8.39. The van der Waals surface area contributed by atoms with Gasteiger partial charge in [-0.05, 0) is 19.8 Å². The minimum absolute atomic E-state index is 0.0351. The van der Waals surface area contributed by atoms with Crippen LogP contribution >= 0.6 is 0 Å². The molecule has 0 atom stereocenters. The molecule has 0 radical (unpaired) electrons. The fourth-order valence-electron chi connectivity index (χ4n) is 1.11. The molecule has 0 aromatic rings. The van der Waals surface area contributed by atoms with Crippen LogP contribution in [-0.2, 0) is 9.53 Å². The Balaban J connectivity index is 3.70. The summed E-state index contributed by atoms with van der Waals surface area (Å²) >= 11 is 0. The molecule has 0 aliphatic carbocycles. The van der Waals surface area contributed by atoms with Crippen molar-refractivity contribution in [3.63, 3.8) is 0 Å². The summed E-state index contributed by atoms with van der Waals surface area (Å²) in [4.78, 5) is 11.4. The molecule has 0 spiro atoms. The van der Waals surface area contributed by atoms with E-state index in [0.29, 0.717) is 19.1 Å². The largest absolute Gasteiger partial charge is 0.383 e. The van der Waals surface area contributed by atoms with Crippen molar-refractivity contribution in [2.24, 2.45) is 5.92 Å². The van der Waals surface area contributed by atoms with Crippen molar-refractivity contribution in [2.45, 2.75) is 33.2 Å². The minimum atomic E-state index is -0.163. The van der Waals surface area contributed by atoms with Gasteiger partial charge in [0.1, 0.15) is 0 Å². The second kappa shape index (κ2) is 6.80. The van der Waals surface area contributed by atoms with Gasteiger partial charge in [0.2, 0.25) is 5.91 Å². The van der Waals surface area contributed by atoms with E-state index >= 15 is 0 Å². The number of hydrogen-bond acceptors (Lipinski definition) is 3. The molecule has 0 aromatic heterocycles. The van der Waals surface area contributed by atoms with E-state index in [-0.39, 0.29) is 11.4 Å². The zero-order chi connectivity index (χ0) is 11.9. The van der Waals surface area contributed by atoms with Gasteiger partial charge in [-0.25, -0.2) is 0 Å². The average molecular weight is 216 g/mol. The number of methoxy groups -OCH3 is 1. The van der Waals surface area contributed by atoms with Crippen molar-refractivity contribution in [2.75, 3.05) is 26.8 Å². The second-order valence-corrected chi connectivity index (χ2v) is 4.87. The molecule has 15 heavy (non-hydrogen) atoms. The molecular weight excluding hydrogens is 192 g/mol. The molecule has 0 bridgehead atoms. The van der Waals surface area contributed by atoms with Crippen molar-refractivity contribution in [3.8, 4) is 0 Å². The molecule has 0 aliphatic heterocycles. The quantitative estimate of drug-likeness (QED) is 0.661. The normalized spacial score (nSPS) is 11.9. The highest BCUT2D eigenvalue weighted by molar-refractivity contribution is 5.78. The van der Waals surface area contributed by atoms with E-state index in [4.69, 9.17) is 4.74 Å². The van der Waals surface area contributed by atoms with Crippen LogP contribution in [0.2, 0.25) is 0 Å². The second-order valence-electron chi connectivity index (χ2n) is 4.87. The molecule has 0 rings (SSSR count). The number of rotatable bonds is 7. The number of carbonyl (C=O) groups is 1. The van der Waals surface area contributed by atoms with Crippen LogP contribution in [-0.4, -0.2) is 38.3 Å². The molecule has 0 heterocycles. The Bertz CT molecular complexity index is 191. The fourth-order valence-corrected chi connectivity index (χ4v) is 1.11. The standard InChI is InChI=1S/C11H24N2O2/c1-9(2)6-12-10(14)7-13-11(3,4)8-15-5/h9,13H,6-8H2,1-5H3,(H,12,14). The summed E-state index contributed by atoms with van der Waals surface area (Å²) in [5.74, 6) is 0.522. The molecule has 0 saturated carbocycles. The van der Waals surface area contributed by atoms with Gasteiger partial charge in [0.05, 0.1) is 13.2 Å². The zero-order valence-corrected chi connectivity index (χ0v) is 10.5. The van der Waals surface area contributed by atoms with Crippen LogP contribution in [0.25, 0.3) is 0 Å². The molecule has 2 N–H and O–H groups in total. The van der Waals surface area contributed by atoms with Crippen LogP contribution < -0.4 is 10.6 Å². The Labute approximate surface area is 92.8 Å². The summed E-state index contributed by atoms with van der Waals surface area (Å²) in [6, 6.07) is 0. The van der Waals surface area contributed by atoms with Gasteiger partial charge in [0.15, 0.2) is 0 Å². The van der Waals surface area contributed by atoms with Crippen molar-refractivity contribution >= 4 is 5.91 Å². The predicted octanol–water partition coefficient (Wildman–Crippen LogP) is 0.773. The summed E-state index contributed by atoms with van der Waals surface area (Å²) in [7, 11) is 1.66. The van der Waals surface area contributed by atoms with Crippen LogP contribution in [0.1, 0.15) is 27.7 Å². The van der Waals surface area contributed by atoms with Crippen molar-refractivity contribution in [3.05, 3.63) is 0 Å². The summed E-state index contributed by atoms with van der Waals surface area (Å²) in [5, 5.41) is 6.00. The maximum absolute atomic E-state index is 11.4. The first kappa shape index (κ1) is 14.4. The summed E-state index contributed by atoms with van der Waals surface area (Å²) in [6.07, 6.45) is 0. The lowest BCUT2D eigenvalue weighted by Gasteiger charge is -2.25. The smallest absolute Gasteiger partial charge is 0.233 e. The van der Waals surface area contributed by atoms with E-state index in [1.807, 2.05) is 13.8 Å². The van der Waals surface area contributed by atoms with Crippen LogP contribution in [0.3, 0.4) is 0 Å². The molecule has 0 fully saturated rings. The van der Waals surface area contributed by atoms with Crippen LogP contribution in [0, 0.1) is 5.92 Å². The minimum Gasteiger partial charge on any atom is -0.383 e. The van der Waals surface area contributed by atoms with Gasteiger partial charge in [0.25, 0.3) is 0 Å². The number of carbonyl (C=O) groups excluding carboxylic acids is 1. The first-order chi connectivity index (χ1) is 6.87. The van der Waals surface area contributed by atoms with Crippen molar-refractivity contribution in [1.82, 2.24) is 10.6 Å². The van der Waals surface area contributed by atoms with E-state index in [0.717, 1.165) is 6.54 Å². The SMILES string of the molecule is COCC(C)(C)NCC(=O)NCC(C)C. The molecule has 0 aliphatic rings. The molecule has 4 heteroatoms. The Kier molecular flexibility index (Phi) is 6.52. The van der Waals surface area contributed by atoms with Gasteiger partial charge >= 0.3 is 0 Å². The van der Waals surface area contributed by atoms with E-state index in [1.165, 1.54) is 0 Å². The number of hydrogen-bond donors (Lipinski definition) is 2. The van der Waals surface area contributed by atoms with Gasteiger partial charge in [-0.1, -0.05) is 13.8 Å². The van der Waals surface area contributed by atoms with E-state index in [9.17, 15) is 4.79 Å². The highest BCUT2D eigenvalue weighted by atomic mass is 16.5. The van der Waals surface area contributed by atoms with Crippen LogP contribution in [0.15, 0.2) is 0 Å². The number of amides is 1. The Morgan fingerprint density at radius 3 is 2.47 bits per heavy atom. The van der Waals surface area contributed by atoms with E-state index in [2.05, 4.69) is 24.5 Å². The van der Waals surface area contributed by atoms with Gasteiger partial charge in [-0.2, -0.15) is 0 Å². The molecule has 0 unspecified atom stereocenters. The lowest BCUT2D eigenvalue weighted by Crippen LogP contribution is -2.48. The topological polar surface area (TPSA) is 50.4 Å². The Hall–Kier alpha value is -0.610.